The van der Waals surface area contributed by atoms with Gasteiger partial charge in [0.25, 0.3) is 0 Å². The van der Waals surface area contributed by atoms with Crippen LogP contribution in [-0.4, -0.2) is 10.2 Å². The second kappa shape index (κ2) is 2.81. The van der Waals surface area contributed by atoms with Crippen molar-refractivity contribution in [1.82, 2.24) is 10.2 Å². The molecule has 0 atom stereocenters. The Morgan fingerprint density at radius 1 is 1.36 bits per heavy atom. The van der Waals surface area contributed by atoms with Crippen molar-refractivity contribution in [1.29, 1.82) is 0 Å². The minimum absolute atomic E-state index is 0.960. The topological polar surface area (TPSA) is 28.7 Å². The monoisotopic (exact) mass is 258 g/mol. The zero-order chi connectivity index (χ0) is 7.68. The molecule has 2 rings (SSSR count). The molecule has 0 aliphatic rings. The number of benzene rings is 1. The van der Waals surface area contributed by atoms with Crippen molar-refractivity contribution >= 4 is 33.5 Å². The van der Waals surface area contributed by atoms with Crippen LogP contribution >= 0.6 is 22.6 Å². The third-order valence-corrected chi connectivity index (χ3v) is 2.40. The van der Waals surface area contributed by atoms with Gasteiger partial charge in [0.1, 0.15) is 0 Å². The highest BCUT2D eigenvalue weighted by molar-refractivity contribution is 14.1. The van der Waals surface area contributed by atoms with Gasteiger partial charge in [-0.1, -0.05) is 40.8 Å². The van der Waals surface area contributed by atoms with Gasteiger partial charge in [0.15, 0.2) is 0 Å². The van der Waals surface area contributed by atoms with Gasteiger partial charge in [-0.3, -0.25) is 5.10 Å². The van der Waals surface area contributed by atoms with E-state index in [1.807, 2.05) is 18.2 Å². The third-order valence-electron chi connectivity index (χ3n) is 1.68. The van der Waals surface area contributed by atoms with Crippen LogP contribution in [0.3, 0.4) is 0 Å². The quantitative estimate of drug-likeness (QED) is 0.617. The average Bonchev–Trinajstić information content (AvgIpc) is 2.47. The van der Waals surface area contributed by atoms with Crippen LogP contribution in [-0.2, 0) is 4.43 Å². The summed E-state index contributed by atoms with van der Waals surface area (Å²) < 4.78 is 0.960. The lowest BCUT2D eigenvalue weighted by atomic mass is 10.2. The number of halogens is 1. The average molecular weight is 258 g/mol. The van der Waals surface area contributed by atoms with Gasteiger partial charge in [-0.25, -0.2) is 0 Å². The molecule has 0 fully saturated rings. The highest BCUT2D eigenvalue weighted by Gasteiger charge is 2.00. The molecule has 3 heteroatoms. The van der Waals surface area contributed by atoms with E-state index in [4.69, 9.17) is 0 Å². The predicted molar refractivity (Wildman–Crippen MR) is 53.8 cm³/mol. The first-order valence-electron chi connectivity index (χ1n) is 3.40. The van der Waals surface area contributed by atoms with Gasteiger partial charge in [-0.05, 0) is 6.07 Å². The largest absolute Gasteiger partial charge is 0.278 e. The zero-order valence-corrected chi connectivity index (χ0v) is 8.00. The summed E-state index contributed by atoms with van der Waals surface area (Å²) in [4.78, 5) is 0. The maximum Gasteiger partial charge on any atom is 0.0798 e. The molecule has 1 aromatic carbocycles. The minimum atomic E-state index is 0.960. The summed E-state index contributed by atoms with van der Waals surface area (Å²) in [7, 11) is 0. The van der Waals surface area contributed by atoms with Gasteiger partial charge in [-0.2, -0.15) is 5.10 Å². The first kappa shape index (κ1) is 7.09. The molecular weight excluding hydrogens is 251 g/mol. The van der Waals surface area contributed by atoms with Gasteiger partial charge in [0.05, 0.1) is 11.2 Å². The number of aromatic amines is 1. The predicted octanol–water partition coefficient (Wildman–Crippen LogP) is 2.50. The van der Waals surface area contributed by atoms with Crippen molar-refractivity contribution in [2.75, 3.05) is 0 Å². The third kappa shape index (κ3) is 1.13. The van der Waals surface area contributed by atoms with E-state index < -0.39 is 0 Å². The fourth-order valence-electron chi connectivity index (χ4n) is 1.12. The van der Waals surface area contributed by atoms with Crippen LogP contribution in [0.4, 0.5) is 0 Å². The Morgan fingerprint density at radius 3 is 3.00 bits per heavy atom. The molecule has 1 N–H and O–H groups in total. The SMILES string of the molecule is ICc1n[nH]c2ccccc12. The lowest BCUT2D eigenvalue weighted by molar-refractivity contribution is 1.06. The first-order chi connectivity index (χ1) is 5.42. The second-order valence-corrected chi connectivity index (χ2v) is 3.11. The smallest absolute Gasteiger partial charge is 0.0798 e. The molecule has 56 valence electrons. The van der Waals surface area contributed by atoms with Crippen LogP contribution in [0, 0.1) is 0 Å². The zero-order valence-electron chi connectivity index (χ0n) is 5.84. The molecule has 0 spiro atoms. The van der Waals surface area contributed by atoms with Crippen LogP contribution in [0.25, 0.3) is 10.9 Å². The Balaban J connectivity index is 2.76. The van der Waals surface area contributed by atoms with E-state index in [0.29, 0.717) is 0 Å². The number of hydrogen-bond donors (Lipinski definition) is 1. The maximum absolute atomic E-state index is 4.18. The molecule has 0 saturated carbocycles. The van der Waals surface area contributed by atoms with Crippen molar-refractivity contribution < 1.29 is 0 Å². The van der Waals surface area contributed by atoms with E-state index >= 15 is 0 Å². The van der Waals surface area contributed by atoms with Gasteiger partial charge >= 0.3 is 0 Å². The number of para-hydroxylation sites is 1. The Hall–Kier alpha value is -0.580. The molecular formula is C8H7IN2. The highest BCUT2D eigenvalue weighted by Crippen LogP contribution is 2.16. The van der Waals surface area contributed by atoms with Crippen LogP contribution in [0.5, 0.6) is 0 Å². The normalized spacial score (nSPS) is 10.6. The number of hydrogen-bond acceptors (Lipinski definition) is 1. The summed E-state index contributed by atoms with van der Waals surface area (Å²) in [6.07, 6.45) is 0. The second-order valence-electron chi connectivity index (χ2n) is 2.35. The van der Waals surface area contributed by atoms with Gasteiger partial charge < -0.3 is 0 Å². The van der Waals surface area contributed by atoms with Crippen molar-refractivity contribution in [3.8, 4) is 0 Å². The molecule has 1 aromatic heterocycles. The number of H-pyrrole nitrogens is 1. The van der Waals surface area contributed by atoms with E-state index in [2.05, 4.69) is 38.9 Å². The van der Waals surface area contributed by atoms with Gasteiger partial charge in [-0.15, -0.1) is 0 Å². The Kier molecular flexibility index (Phi) is 1.81. The highest BCUT2D eigenvalue weighted by atomic mass is 127. The van der Waals surface area contributed by atoms with Crippen LogP contribution in [0.15, 0.2) is 24.3 Å². The van der Waals surface area contributed by atoms with E-state index in [0.717, 1.165) is 15.6 Å². The van der Waals surface area contributed by atoms with Gasteiger partial charge in [0.2, 0.25) is 0 Å². The molecule has 11 heavy (non-hydrogen) atoms. The van der Waals surface area contributed by atoms with Crippen LogP contribution < -0.4 is 0 Å². The summed E-state index contributed by atoms with van der Waals surface area (Å²) >= 11 is 2.32. The Labute approximate surface area is 78.1 Å². The van der Waals surface area contributed by atoms with Crippen molar-refractivity contribution in [3.63, 3.8) is 0 Å². The standard InChI is InChI=1S/C8H7IN2/c9-5-8-6-3-1-2-4-7(6)10-11-8/h1-4H,5H2,(H,10,11). The molecule has 0 radical (unpaired) electrons. The van der Waals surface area contributed by atoms with Crippen LogP contribution in [0.2, 0.25) is 0 Å². The number of nitrogens with zero attached hydrogens (tertiary/aromatic N) is 1. The maximum atomic E-state index is 4.18. The fourth-order valence-corrected chi connectivity index (χ4v) is 1.70. The molecule has 2 nitrogen and oxygen atoms in total. The Morgan fingerprint density at radius 2 is 2.18 bits per heavy atom. The van der Waals surface area contributed by atoms with Crippen molar-refractivity contribution in [2.45, 2.75) is 4.43 Å². The molecule has 1 heterocycles. The summed E-state index contributed by atoms with van der Waals surface area (Å²) in [6.45, 7) is 0. The molecule has 0 aliphatic heterocycles. The Bertz CT molecular complexity index is 367. The van der Waals surface area contributed by atoms with Crippen molar-refractivity contribution in [3.05, 3.63) is 30.0 Å². The van der Waals surface area contributed by atoms with E-state index in [-0.39, 0.29) is 0 Å². The van der Waals surface area contributed by atoms with E-state index in [9.17, 15) is 0 Å². The minimum Gasteiger partial charge on any atom is -0.278 e. The summed E-state index contributed by atoms with van der Waals surface area (Å²) in [6, 6.07) is 8.18. The number of alkyl halides is 1. The lowest BCUT2D eigenvalue weighted by Gasteiger charge is -1.87. The van der Waals surface area contributed by atoms with E-state index in [1.54, 1.807) is 0 Å². The lowest BCUT2D eigenvalue weighted by Crippen LogP contribution is -1.75. The number of nitrogens with one attached hydrogen (secondary N) is 1. The number of fused-ring (bicyclic) bond motifs is 1. The fraction of sp³-hybridized carbons (Fsp3) is 0.125. The molecule has 0 amide bonds. The van der Waals surface area contributed by atoms with E-state index in [1.165, 1.54) is 5.39 Å². The molecule has 0 unspecified atom stereocenters. The van der Waals surface area contributed by atoms with Gasteiger partial charge in [0, 0.05) is 9.81 Å². The molecule has 0 bridgehead atoms. The summed E-state index contributed by atoms with van der Waals surface area (Å²) in [5.41, 5.74) is 2.26. The molecule has 0 saturated heterocycles. The summed E-state index contributed by atoms with van der Waals surface area (Å²) in [5, 5.41) is 8.40. The molecule has 0 aliphatic carbocycles. The first-order valence-corrected chi connectivity index (χ1v) is 4.92. The number of aromatic nitrogens is 2. The van der Waals surface area contributed by atoms with Crippen molar-refractivity contribution in [2.24, 2.45) is 0 Å². The van der Waals surface area contributed by atoms with Crippen LogP contribution in [0.1, 0.15) is 5.69 Å². The molecule has 2 aromatic rings. The summed E-state index contributed by atoms with van der Waals surface area (Å²) in [5.74, 6) is 0. The number of rotatable bonds is 1.